The second-order valence-electron chi connectivity index (χ2n) is 4.76. The van der Waals surface area contributed by atoms with E-state index in [-0.39, 0.29) is 0 Å². The van der Waals surface area contributed by atoms with Crippen LogP contribution in [0.2, 0.25) is 0 Å². The molecule has 1 aromatic heterocycles. The monoisotopic (exact) mass is 330 g/mol. The fourth-order valence-corrected chi connectivity index (χ4v) is 2.95. The topological polar surface area (TPSA) is 33.1 Å². The number of halogens is 1. The van der Waals surface area contributed by atoms with E-state index in [1.165, 1.54) is 5.69 Å². The lowest BCUT2D eigenvalue weighted by atomic mass is 10.1. The molecule has 0 bridgehead atoms. The Bertz CT molecular complexity index is 360. The molecule has 0 spiro atoms. The highest BCUT2D eigenvalue weighted by Crippen LogP contribution is 2.25. The Morgan fingerprint density at radius 3 is 2.58 bits per heavy atom. The zero-order valence-electron chi connectivity index (χ0n) is 12.6. The molecule has 1 aromatic rings. The van der Waals surface area contributed by atoms with E-state index in [4.69, 9.17) is 0 Å². The van der Waals surface area contributed by atoms with Gasteiger partial charge in [0, 0.05) is 6.54 Å². The Hall–Kier alpha value is -0.390. The molecule has 19 heavy (non-hydrogen) atoms. The first-order chi connectivity index (χ1) is 9.17. The van der Waals surface area contributed by atoms with Gasteiger partial charge in [-0.15, -0.1) is 0 Å². The van der Waals surface area contributed by atoms with E-state index in [0.29, 0.717) is 6.04 Å². The maximum absolute atomic E-state index is 4.46. The summed E-state index contributed by atoms with van der Waals surface area (Å²) in [6.45, 7) is 10.9. The van der Waals surface area contributed by atoms with Crippen molar-refractivity contribution in [2.75, 3.05) is 26.7 Å². The minimum absolute atomic E-state index is 0.351. The molecule has 110 valence electrons. The third-order valence-electron chi connectivity index (χ3n) is 3.58. The Labute approximate surface area is 125 Å². The van der Waals surface area contributed by atoms with E-state index in [1.54, 1.807) is 0 Å². The Kier molecular flexibility index (Phi) is 7.64. The highest BCUT2D eigenvalue weighted by atomic mass is 79.9. The third-order valence-corrected chi connectivity index (χ3v) is 4.19. The molecular formula is C14H27BrN4. The molecule has 0 fully saturated rings. The van der Waals surface area contributed by atoms with Crippen LogP contribution in [0.5, 0.6) is 0 Å². The van der Waals surface area contributed by atoms with Gasteiger partial charge in [0.25, 0.3) is 0 Å². The Morgan fingerprint density at radius 1 is 1.37 bits per heavy atom. The molecule has 0 amide bonds. The summed E-state index contributed by atoms with van der Waals surface area (Å²) >= 11 is 3.63. The maximum Gasteiger partial charge on any atom is 0.0696 e. The average Bonchev–Trinajstić information content (AvgIpc) is 2.77. The van der Waals surface area contributed by atoms with E-state index < -0.39 is 0 Å². The Morgan fingerprint density at radius 2 is 2.05 bits per heavy atom. The molecule has 1 unspecified atom stereocenters. The number of nitrogens with zero attached hydrogens (tertiary/aromatic N) is 3. The lowest BCUT2D eigenvalue weighted by Crippen LogP contribution is -2.29. The van der Waals surface area contributed by atoms with Crippen LogP contribution in [0.4, 0.5) is 0 Å². The summed E-state index contributed by atoms with van der Waals surface area (Å²) in [4.78, 5) is 2.46. The number of nitrogens with one attached hydrogen (secondary N) is 1. The molecule has 0 aliphatic rings. The standard InChI is InChI=1S/C14H27BrN4/c1-5-9-19-14(12(15)11-17-19)13(16-4)8-10-18(6-2)7-3/h11,13,16H,5-10H2,1-4H3. The Balaban J connectivity index is 2.76. The van der Waals surface area contributed by atoms with E-state index >= 15 is 0 Å². The summed E-state index contributed by atoms with van der Waals surface area (Å²) in [5.74, 6) is 0. The third kappa shape index (κ3) is 4.58. The van der Waals surface area contributed by atoms with Gasteiger partial charge in [-0.25, -0.2) is 0 Å². The molecule has 5 heteroatoms. The van der Waals surface area contributed by atoms with Crippen LogP contribution in [0, 0.1) is 0 Å². The van der Waals surface area contributed by atoms with Crippen LogP contribution < -0.4 is 5.32 Å². The van der Waals surface area contributed by atoms with Crippen LogP contribution in [0.25, 0.3) is 0 Å². The van der Waals surface area contributed by atoms with Gasteiger partial charge in [-0.1, -0.05) is 20.8 Å². The van der Waals surface area contributed by atoms with Crippen molar-refractivity contribution in [3.05, 3.63) is 16.4 Å². The summed E-state index contributed by atoms with van der Waals surface area (Å²) in [6.07, 6.45) is 4.12. The smallest absolute Gasteiger partial charge is 0.0696 e. The molecule has 0 aliphatic carbocycles. The summed E-state index contributed by atoms with van der Waals surface area (Å²) in [7, 11) is 2.03. The first-order valence-corrected chi connectivity index (χ1v) is 8.07. The van der Waals surface area contributed by atoms with Gasteiger partial charge >= 0.3 is 0 Å². The zero-order chi connectivity index (χ0) is 14.3. The van der Waals surface area contributed by atoms with Crippen LogP contribution in [0.15, 0.2) is 10.7 Å². The number of hydrogen-bond donors (Lipinski definition) is 1. The minimum atomic E-state index is 0.351. The average molecular weight is 331 g/mol. The van der Waals surface area contributed by atoms with Crippen molar-refractivity contribution in [2.45, 2.75) is 46.2 Å². The summed E-state index contributed by atoms with van der Waals surface area (Å²) in [5, 5.41) is 7.89. The predicted molar refractivity (Wildman–Crippen MR) is 84.4 cm³/mol. The first-order valence-electron chi connectivity index (χ1n) is 7.28. The van der Waals surface area contributed by atoms with Gasteiger partial charge in [0.1, 0.15) is 0 Å². The minimum Gasteiger partial charge on any atom is -0.312 e. The largest absolute Gasteiger partial charge is 0.312 e. The molecular weight excluding hydrogens is 304 g/mol. The molecule has 1 heterocycles. The molecule has 1 N–H and O–H groups in total. The summed E-state index contributed by atoms with van der Waals surface area (Å²) in [5.41, 5.74) is 1.27. The highest BCUT2D eigenvalue weighted by molar-refractivity contribution is 9.10. The van der Waals surface area contributed by atoms with Crippen molar-refractivity contribution in [2.24, 2.45) is 0 Å². The lowest BCUT2D eigenvalue weighted by molar-refractivity contribution is 0.281. The van der Waals surface area contributed by atoms with Crippen LogP contribution in [-0.4, -0.2) is 41.4 Å². The maximum atomic E-state index is 4.46. The zero-order valence-corrected chi connectivity index (χ0v) is 14.2. The quantitative estimate of drug-likeness (QED) is 0.755. The molecule has 4 nitrogen and oxygen atoms in total. The van der Waals surface area contributed by atoms with Crippen LogP contribution >= 0.6 is 15.9 Å². The summed E-state index contributed by atoms with van der Waals surface area (Å²) < 4.78 is 3.23. The van der Waals surface area contributed by atoms with Crippen molar-refractivity contribution >= 4 is 15.9 Å². The second kappa shape index (κ2) is 8.72. The number of rotatable bonds is 9. The van der Waals surface area contributed by atoms with Gasteiger partial charge in [-0.3, -0.25) is 4.68 Å². The molecule has 1 rings (SSSR count). The van der Waals surface area contributed by atoms with Crippen molar-refractivity contribution in [1.29, 1.82) is 0 Å². The van der Waals surface area contributed by atoms with Crippen molar-refractivity contribution in [3.63, 3.8) is 0 Å². The predicted octanol–water partition coefficient (Wildman–Crippen LogP) is 3.05. The molecule has 0 saturated heterocycles. The molecule has 0 saturated carbocycles. The highest BCUT2D eigenvalue weighted by Gasteiger charge is 2.18. The number of aromatic nitrogens is 2. The molecule has 0 radical (unpaired) electrons. The van der Waals surface area contributed by atoms with E-state index in [1.807, 2.05) is 13.2 Å². The fraction of sp³-hybridized carbons (Fsp3) is 0.786. The number of hydrogen-bond acceptors (Lipinski definition) is 3. The van der Waals surface area contributed by atoms with Gasteiger partial charge in [-0.05, 0) is 55.5 Å². The van der Waals surface area contributed by atoms with Crippen LogP contribution in [0.1, 0.15) is 45.3 Å². The SMILES string of the molecule is CCCn1ncc(Br)c1C(CCN(CC)CC)NC. The van der Waals surface area contributed by atoms with Crippen molar-refractivity contribution < 1.29 is 0 Å². The molecule has 0 aromatic carbocycles. The van der Waals surface area contributed by atoms with E-state index in [9.17, 15) is 0 Å². The molecule has 0 aliphatic heterocycles. The van der Waals surface area contributed by atoms with Crippen LogP contribution in [0.3, 0.4) is 0 Å². The van der Waals surface area contributed by atoms with Gasteiger partial charge in [-0.2, -0.15) is 5.10 Å². The van der Waals surface area contributed by atoms with Crippen molar-refractivity contribution in [1.82, 2.24) is 20.0 Å². The van der Waals surface area contributed by atoms with Gasteiger partial charge < -0.3 is 10.2 Å². The summed E-state index contributed by atoms with van der Waals surface area (Å²) in [6, 6.07) is 0.351. The molecule has 1 atom stereocenters. The number of aryl methyl sites for hydroxylation is 1. The van der Waals surface area contributed by atoms with Crippen molar-refractivity contribution in [3.8, 4) is 0 Å². The van der Waals surface area contributed by atoms with E-state index in [2.05, 4.69) is 56.7 Å². The van der Waals surface area contributed by atoms with E-state index in [0.717, 1.165) is 43.5 Å². The fourth-order valence-electron chi connectivity index (χ4n) is 2.38. The first kappa shape index (κ1) is 16.7. The normalized spacial score (nSPS) is 13.2. The van der Waals surface area contributed by atoms with Gasteiger partial charge in [0.05, 0.1) is 22.4 Å². The van der Waals surface area contributed by atoms with Gasteiger partial charge in [0.15, 0.2) is 0 Å². The second-order valence-corrected chi connectivity index (χ2v) is 5.61. The van der Waals surface area contributed by atoms with Gasteiger partial charge in [0.2, 0.25) is 0 Å². The van der Waals surface area contributed by atoms with Crippen LogP contribution in [-0.2, 0) is 6.54 Å². The lowest BCUT2D eigenvalue weighted by Gasteiger charge is -2.23.